The second kappa shape index (κ2) is 7.84. The van der Waals surface area contributed by atoms with Crippen molar-refractivity contribution in [3.05, 3.63) is 80.1 Å². The third kappa shape index (κ3) is 3.88. The minimum Gasteiger partial charge on any atom is -0.497 e. The molecule has 0 spiro atoms. The van der Waals surface area contributed by atoms with E-state index in [1.807, 2.05) is 0 Å². The fraction of sp³-hybridized carbons (Fsp3) is 0.0952. The molecule has 0 aliphatic heterocycles. The van der Waals surface area contributed by atoms with Gasteiger partial charge in [0.15, 0.2) is 5.82 Å². The maximum absolute atomic E-state index is 13.0. The summed E-state index contributed by atoms with van der Waals surface area (Å²) in [6.45, 7) is 0. The van der Waals surface area contributed by atoms with Crippen molar-refractivity contribution in [3.8, 4) is 11.5 Å². The first-order valence-corrected chi connectivity index (χ1v) is 9.46. The highest BCUT2D eigenvalue weighted by molar-refractivity contribution is 7.15. The summed E-state index contributed by atoms with van der Waals surface area (Å²) in [5, 5.41) is 4.25. The Hall–Kier alpha value is -3.52. The van der Waals surface area contributed by atoms with Crippen LogP contribution in [0.15, 0.2) is 47.3 Å². The Morgan fingerprint density at radius 2 is 1.86 bits per heavy atom. The van der Waals surface area contributed by atoms with E-state index in [4.69, 9.17) is 9.47 Å². The monoisotopic (exact) mass is 409 g/mol. The lowest BCUT2D eigenvalue weighted by atomic mass is 10.2. The van der Waals surface area contributed by atoms with Crippen molar-refractivity contribution in [3.63, 3.8) is 0 Å². The Morgan fingerprint density at radius 3 is 2.55 bits per heavy atom. The van der Waals surface area contributed by atoms with Gasteiger partial charge in [-0.1, -0.05) is 29.5 Å². The molecule has 6 nitrogen and oxygen atoms in total. The maximum atomic E-state index is 13.0. The number of rotatable bonds is 5. The Morgan fingerprint density at radius 1 is 1.07 bits per heavy atom. The third-order valence-electron chi connectivity index (χ3n) is 4.22. The van der Waals surface area contributed by atoms with Crippen LogP contribution in [0.3, 0.4) is 0 Å². The van der Waals surface area contributed by atoms with Crippen molar-refractivity contribution >= 4 is 34.5 Å². The summed E-state index contributed by atoms with van der Waals surface area (Å²) >= 11 is 1.24. The molecule has 0 saturated carbocycles. The van der Waals surface area contributed by atoms with Gasteiger partial charge < -0.3 is 9.47 Å². The van der Waals surface area contributed by atoms with Crippen LogP contribution in [0, 0.1) is 5.82 Å². The van der Waals surface area contributed by atoms with E-state index in [-0.39, 0.29) is 11.4 Å². The van der Waals surface area contributed by atoms with Gasteiger partial charge in [-0.05, 0) is 48.0 Å². The zero-order valence-corrected chi connectivity index (χ0v) is 16.4. The van der Waals surface area contributed by atoms with Gasteiger partial charge in [0.05, 0.1) is 18.8 Å². The summed E-state index contributed by atoms with van der Waals surface area (Å²) in [6.07, 6.45) is 5.18. The molecule has 146 valence electrons. The molecule has 0 N–H and O–H groups in total. The Kier molecular flexibility index (Phi) is 5.09. The Bertz CT molecular complexity index is 1310. The summed E-state index contributed by atoms with van der Waals surface area (Å²) in [5.41, 5.74) is 1.28. The van der Waals surface area contributed by atoms with Gasteiger partial charge in [-0.15, -0.1) is 5.10 Å². The van der Waals surface area contributed by atoms with E-state index in [1.165, 1.54) is 28.0 Å². The molecule has 0 bridgehead atoms. The smallest absolute Gasteiger partial charge is 0.291 e. The molecule has 0 amide bonds. The molecular weight excluding hydrogens is 393 g/mol. The molecule has 0 fully saturated rings. The summed E-state index contributed by atoms with van der Waals surface area (Å²) in [6, 6.07) is 11.4. The predicted octanol–water partition coefficient (Wildman–Crippen LogP) is 3.03. The molecule has 2 aromatic heterocycles. The number of fused-ring (bicyclic) bond motifs is 1. The third-order valence-corrected chi connectivity index (χ3v) is 5.18. The van der Waals surface area contributed by atoms with Crippen LogP contribution >= 0.6 is 11.3 Å². The van der Waals surface area contributed by atoms with Crippen molar-refractivity contribution in [1.29, 1.82) is 0 Å². The number of thiazole rings is 1. The quantitative estimate of drug-likeness (QED) is 0.507. The lowest BCUT2D eigenvalue weighted by Crippen LogP contribution is -2.23. The van der Waals surface area contributed by atoms with Crippen LogP contribution < -0.4 is 19.6 Å². The largest absolute Gasteiger partial charge is 0.497 e. The van der Waals surface area contributed by atoms with Gasteiger partial charge in [0, 0.05) is 5.56 Å². The second-order valence-electron chi connectivity index (χ2n) is 6.07. The molecule has 0 aliphatic carbocycles. The number of nitrogens with zero attached hydrogens (tertiary/aromatic N) is 3. The van der Waals surface area contributed by atoms with Gasteiger partial charge in [0.25, 0.3) is 5.56 Å². The van der Waals surface area contributed by atoms with E-state index in [0.29, 0.717) is 26.8 Å². The van der Waals surface area contributed by atoms with Crippen LogP contribution in [0.25, 0.3) is 23.2 Å². The van der Waals surface area contributed by atoms with Gasteiger partial charge in [-0.2, -0.15) is 9.50 Å². The highest BCUT2D eigenvalue weighted by Crippen LogP contribution is 2.24. The van der Waals surface area contributed by atoms with Crippen molar-refractivity contribution in [1.82, 2.24) is 14.6 Å². The first kappa shape index (κ1) is 18.8. The first-order valence-electron chi connectivity index (χ1n) is 8.64. The van der Waals surface area contributed by atoms with Gasteiger partial charge in [0.1, 0.15) is 17.3 Å². The normalized spacial score (nSPS) is 12.2. The average Bonchev–Trinajstić information content (AvgIpc) is 3.26. The number of benzene rings is 2. The van der Waals surface area contributed by atoms with E-state index in [2.05, 4.69) is 10.1 Å². The minimum absolute atomic E-state index is 0.260. The lowest BCUT2D eigenvalue weighted by Gasteiger charge is -2.06. The molecule has 0 atom stereocenters. The predicted molar refractivity (Wildman–Crippen MR) is 111 cm³/mol. The SMILES string of the molecule is COc1ccc(OC)c(/C=c2/sc3nc(/C=C/c4ccc(F)cc4)nn3c2=O)c1. The Labute approximate surface area is 169 Å². The average molecular weight is 409 g/mol. The minimum atomic E-state index is -0.296. The molecule has 4 rings (SSSR count). The number of aromatic nitrogens is 3. The van der Waals surface area contributed by atoms with E-state index in [0.717, 1.165) is 11.1 Å². The lowest BCUT2D eigenvalue weighted by molar-refractivity contribution is 0.402. The van der Waals surface area contributed by atoms with Gasteiger partial charge in [-0.3, -0.25) is 4.79 Å². The van der Waals surface area contributed by atoms with Crippen molar-refractivity contribution in [2.75, 3.05) is 14.2 Å². The van der Waals surface area contributed by atoms with Gasteiger partial charge in [0.2, 0.25) is 4.96 Å². The first-order chi connectivity index (χ1) is 14.1. The number of ether oxygens (including phenoxy) is 2. The van der Waals surface area contributed by atoms with Crippen LogP contribution in [0.2, 0.25) is 0 Å². The van der Waals surface area contributed by atoms with Crippen LogP contribution in [0.5, 0.6) is 11.5 Å². The topological polar surface area (TPSA) is 65.7 Å². The molecular formula is C21H16FN3O3S. The molecule has 0 aliphatic rings. The number of methoxy groups -OCH3 is 2. The highest BCUT2D eigenvalue weighted by atomic mass is 32.1. The zero-order valence-electron chi connectivity index (χ0n) is 15.6. The molecule has 0 unspecified atom stereocenters. The van der Waals surface area contributed by atoms with E-state index in [9.17, 15) is 9.18 Å². The van der Waals surface area contributed by atoms with Crippen LogP contribution in [-0.4, -0.2) is 28.8 Å². The van der Waals surface area contributed by atoms with Crippen molar-refractivity contribution in [2.24, 2.45) is 0 Å². The fourth-order valence-corrected chi connectivity index (χ4v) is 3.66. The van der Waals surface area contributed by atoms with Crippen LogP contribution in [-0.2, 0) is 0 Å². The molecule has 2 aromatic carbocycles. The molecule has 0 radical (unpaired) electrons. The fourth-order valence-electron chi connectivity index (χ4n) is 2.76. The summed E-state index contributed by atoms with van der Waals surface area (Å²) in [7, 11) is 3.15. The van der Waals surface area contributed by atoms with E-state index >= 15 is 0 Å². The van der Waals surface area contributed by atoms with Gasteiger partial charge in [-0.25, -0.2) is 4.39 Å². The Balaban J connectivity index is 1.69. The number of hydrogen-bond acceptors (Lipinski definition) is 6. The molecule has 8 heteroatoms. The van der Waals surface area contributed by atoms with E-state index < -0.39 is 0 Å². The maximum Gasteiger partial charge on any atom is 0.291 e. The van der Waals surface area contributed by atoms with Gasteiger partial charge >= 0.3 is 0 Å². The molecule has 2 heterocycles. The molecule has 29 heavy (non-hydrogen) atoms. The number of hydrogen-bond donors (Lipinski definition) is 0. The standard InChI is InChI=1S/C21H16FN3O3S/c1-27-16-8-9-17(28-2)14(11-16)12-18-20(26)25-21(29-18)23-19(24-25)10-5-13-3-6-15(22)7-4-13/h3-12H,1-2H3/b10-5+,18-12+. The molecule has 4 aromatic rings. The van der Waals surface area contributed by atoms with Crippen LogP contribution in [0.1, 0.15) is 17.0 Å². The zero-order chi connectivity index (χ0) is 20.4. The molecule has 0 saturated heterocycles. The number of halogens is 1. The summed E-state index contributed by atoms with van der Waals surface area (Å²) in [4.78, 5) is 17.6. The second-order valence-corrected chi connectivity index (χ2v) is 7.08. The summed E-state index contributed by atoms with van der Waals surface area (Å²) in [5.74, 6) is 1.41. The van der Waals surface area contributed by atoms with Crippen LogP contribution in [0.4, 0.5) is 4.39 Å². The highest BCUT2D eigenvalue weighted by Gasteiger charge is 2.10. The summed E-state index contributed by atoms with van der Waals surface area (Å²) < 4.78 is 25.3. The van der Waals surface area contributed by atoms with Crippen molar-refractivity contribution in [2.45, 2.75) is 0 Å². The van der Waals surface area contributed by atoms with E-state index in [1.54, 1.807) is 62.8 Å². The van der Waals surface area contributed by atoms with Crippen molar-refractivity contribution < 1.29 is 13.9 Å².